The van der Waals surface area contributed by atoms with Gasteiger partial charge in [-0.2, -0.15) is 15.6 Å². The van der Waals surface area contributed by atoms with Crippen LogP contribution in [-0.2, 0) is 6.54 Å². The quantitative estimate of drug-likeness (QED) is 0.343. The number of piperidine rings is 1. The molecule has 4 aromatic rings. The van der Waals surface area contributed by atoms with Crippen molar-refractivity contribution in [1.82, 2.24) is 24.5 Å². The van der Waals surface area contributed by atoms with Gasteiger partial charge in [-0.1, -0.05) is 6.07 Å². The molecule has 10 heteroatoms. The zero-order chi connectivity index (χ0) is 26.5. The summed E-state index contributed by atoms with van der Waals surface area (Å²) in [5, 5.41) is 24.4. The highest BCUT2D eigenvalue weighted by molar-refractivity contribution is 7.98. The third kappa shape index (κ3) is 4.17. The lowest BCUT2D eigenvalue weighted by Crippen LogP contribution is -2.68. The van der Waals surface area contributed by atoms with Crippen molar-refractivity contribution in [3.8, 4) is 23.3 Å². The maximum absolute atomic E-state index is 9.70. The summed E-state index contributed by atoms with van der Waals surface area (Å²) in [5.74, 6) is 1.04. The summed E-state index contributed by atoms with van der Waals surface area (Å²) in [6.07, 6.45) is 10.7. The largest absolute Gasteiger partial charge is 0.367 e. The second-order valence-electron chi connectivity index (χ2n) is 10.5. The second-order valence-corrected chi connectivity index (χ2v) is 11.4. The molecule has 9 nitrogen and oxygen atoms in total. The zero-order valence-electron chi connectivity index (χ0n) is 21.6. The van der Waals surface area contributed by atoms with E-state index >= 15 is 0 Å². The van der Waals surface area contributed by atoms with Gasteiger partial charge in [0.15, 0.2) is 0 Å². The highest BCUT2D eigenvalue weighted by Crippen LogP contribution is 2.37. The van der Waals surface area contributed by atoms with E-state index < -0.39 is 0 Å². The van der Waals surface area contributed by atoms with Gasteiger partial charge in [0.25, 0.3) is 0 Å². The van der Waals surface area contributed by atoms with Gasteiger partial charge in [0.2, 0.25) is 0 Å². The van der Waals surface area contributed by atoms with E-state index in [0.717, 1.165) is 52.8 Å². The van der Waals surface area contributed by atoms with Gasteiger partial charge in [-0.05, 0) is 42.5 Å². The molecule has 39 heavy (non-hydrogen) atoms. The van der Waals surface area contributed by atoms with Crippen LogP contribution in [0.1, 0.15) is 17.5 Å². The normalized spacial score (nSPS) is 20.8. The van der Waals surface area contributed by atoms with Gasteiger partial charge in [-0.15, -0.1) is 11.8 Å². The smallest absolute Gasteiger partial charge is 0.128 e. The number of fused-ring (bicyclic) bond motifs is 3. The first-order valence-corrected chi connectivity index (χ1v) is 14.4. The lowest BCUT2D eigenvalue weighted by atomic mass is 9.87. The topological polar surface area (TPSA) is 100 Å². The summed E-state index contributed by atoms with van der Waals surface area (Å²) in [7, 11) is 0. The molecule has 194 valence electrons. The summed E-state index contributed by atoms with van der Waals surface area (Å²) in [5.41, 5.74) is 5.46. The van der Waals surface area contributed by atoms with E-state index in [9.17, 15) is 10.5 Å². The third-order valence-electron chi connectivity index (χ3n) is 8.25. The minimum absolute atomic E-state index is 0.0569. The van der Waals surface area contributed by atoms with Crippen molar-refractivity contribution >= 4 is 28.8 Å². The molecule has 4 fully saturated rings. The molecule has 0 saturated carbocycles. The van der Waals surface area contributed by atoms with E-state index in [0.29, 0.717) is 30.7 Å². The number of rotatable bonds is 6. The van der Waals surface area contributed by atoms with Crippen LogP contribution in [-0.4, -0.2) is 69.0 Å². The molecule has 0 N–H and O–H groups in total. The first-order chi connectivity index (χ1) is 19.1. The monoisotopic (exact) mass is 533 g/mol. The van der Waals surface area contributed by atoms with Crippen molar-refractivity contribution < 1.29 is 0 Å². The van der Waals surface area contributed by atoms with Gasteiger partial charge in [0, 0.05) is 68.3 Å². The minimum atomic E-state index is 0.0569. The molecular formula is C29H27N9S. The van der Waals surface area contributed by atoms with Gasteiger partial charge in [0.1, 0.15) is 11.9 Å². The highest BCUT2D eigenvalue weighted by Gasteiger charge is 2.44. The van der Waals surface area contributed by atoms with Crippen molar-refractivity contribution in [3.05, 3.63) is 66.2 Å². The van der Waals surface area contributed by atoms with Crippen LogP contribution in [0.25, 0.3) is 16.6 Å². The van der Waals surface area contributed by atoms with Crippen molar-refractivity contribution in [2.75, 3.05) is 42.2 Å². The number of aromatic nitrogens is 4. The predicted molar refractivity (Wildman–Crippen MR) is 150 cm³/mol. The zero-order valence-corrected chi connectivity index (χ0v) is 22.4. The summed E-state index contributed by atoms with van der Waals surface area (Å²) >= 11 is 1.67. The molecule has 4 saturated heterocycles. The number of anilines is 2. The van der Waals surface area contributed by atoms with E-state index in [-0.39, 0.29) is 5.92 Å². The molecule has 8 heterocycles. The highest BCUT2D eigenvalue weighted by atomic mass is 32.2. The summed E-state index contributed by atoms with van der Waals surface area (Å²) in [4.78, 5) is 16.6. The molecule has 4 aliphatic rings. The van der Waals surface area contributed by atoms with Crippen LogP contribution >= 0.6 is 11.8 Å². The van der Waals surface area contributed by atoms with E-state index in [1.807, 2.05) is 18.6 Å². The van der Waals surface area contributed by atoms with E-state index in [2.05, 4.69) is 73.5 Å². The van der Waals surface area contributed by atoms with E-state index in [1.54, 1.807) is 22.5 Å². The van der Waals surface area contributed by atoms with Gasteiger partial charge in [0.05, 0.1) is 46.2 Å². The van der Waals surface area contributed by atoms with Crippen LogP contribution in [0, 0.1) is 28.6 Å². The maximum Gasteiger partial charge on any atom is 0.128 e. The van der Waals surface area contributed by atoms with Crippen LogP contribution in [0.2, 0.25) is 0 Å². The lowest BCUT2D eigenvalue weighted by molar-refractivity contribution is -0.00877. The van der Waals surface area contributed by atoms with Crippen LogP contribution in [0.5, 0.6) is 0 Å². The Labute approximate surface area is 231 Å². The average Bonchev–Trinajstić information content (AvgIpc) is 3.38. The van der Waals surface area contributed by atoms with Crippen LogP contribution in [0.4, 0.5) is 11.5 Å². The maximum atomic E-state index is 9.70. The van der Waals surface area contributed by atoms with E-state index in [4.69, 9.17) is 4.98 Å². The summed E-state index contributed by atoms with van der Waals surface area (Å²) in [6.45, 7) is 4.30. The molecule has 2 bridgehead atoms. The van der Waals surface area contributed by atoms with Gasteiger partial charge < -0.3 is 9.80 Å². The van der Waals surface area contributed by atoms with Crippen molar-refractivity contribution in [2.24, 2.45) is 5.92 Å². The van der Waals surface area contributed by atoms with Crippen LogP contribution in [0.3, 0.4) is 0 Å². The molecule has 2 atom stereocenters. The minimum Gasteiger partial charge on any atom is -0.367 e. The standard InChI is InChI=1S/C29H27N9S/c1-39-28-5-2-19(10-33-28)15-37-24-6-25(37)17-36(16-24)27-4-3-21(11-32-27)26-7-23(35-13-20(8-30)14-35)18-38-29(26)22(9-31)12-34-38/h2-5,7,10-12,18,20,24-25H,6,13-17H2,1H3. The summed E-state index contributed by atoms with van der Waals surface area (Å²) < 4.78 is 1.77. The number of piperazine rings is 1. The number of hydrogen-bond donors (Lipinski definition) is 0. The van der Waals surface area contributed by atoms with Crippen LogP contribution < -0.4 is 9.80 Å². The Morgan fingerprint density at radius 2 is 1.82 bits per heavy atom. The fourth-order valence-corrected chi connectivity index (χ4v) is 6.42. The number of hydrogen-bond acceptors (Lipinski definition) is 9. The molecular weight excluding hydrogens is 506 g/mol. The molecule has 4 aliphatic heterocycles. The number of nitriles is 2. The molecule has 8 rings (SSSR count). The fraction of sp³-hybridized carbons (Fsp3) is 0.345. The van der Waals surface area contributed by atoms with Crippen LogP contribution in [0.15, 0.2) is 60.1 Å². The molecule has 0 aromatic carbocycles. The van der Waals surface area contributed by atoms with Crippen molar-refractivity contribution in [1.29, 1.82) is 10.5 Å². The van der Waals surface area contributed by atoms with E-state index in [1.165, 1.54) is 12.0 Å². The third-order valence-corrected chi connectivity index (χ3v) is 8.91. The molecule has 0 amide bonds. The van der Waals surface area contributed by atoms with Gasteiger partial charge >= 0.3 is 0 Å². The Bertz CT molecular complexity index is 1600. The Morgan fingerprint density at radius 3 is 2.49 bits per heavy atom. The van der Waals surface area contributed by atoms with Gasteiger partial charge in [-0.25, -0.2) is 14.5 Å². The molecule has 0 spiro atoms. The van der Waals surface area contributed by atoms with Gasteiger partial charge in [-0.3, -0.25) is 4.90 Å². The molecule has 0 radical (unpaired) electrons. The molecule has 0 aliphatic carbocycles. The fourth-order valence-electron chi connectivity index (χ4n) is 6.05. The Balaban J connectivity index is 1.10. The predicted octanol–water partition coefficient (Wildman–Crippen LogP) is 3.81. The Kier molecular flexibility index (Phi) is 5.88. The Morgan fingerprint density at radius 1 is 0.974 bits per heavy atom. The average molecular weight is 534 g/mol. The second kappa shape index (κ2) is 9.57. The Hall–Kier alpha value is -4.12. The summed E-state index contributed by atoms with van der Waals surface area (Å²) in [6, 6.07) is 16.2. The van der Waals surface area contributed by atoms with Crippen molar-refractivity contribution in [2.45, 2.75) is 30.1 Å². The lowest BCUT2D eigenvalue weighted by Gasteiger charge is -2.56. The molecule has 2 unspecified atom stereocenters. The first-order valence-electron chi connectivity index (χ1n) is 13.2. The van der Waals surface area contributed by atoms with Crippen molar-refractivity contribution in [3.63, 3.8) is 0 Å². The first kappa shape index (κ1) is 24.0. The number of pyridine rings is 3. The number of thioether (sulfide) groups is 1. The SMILES string of the molecule is CSc1ccc(CN2C3CC2CN(c2ccc(-c4cc(N5CC(C#N)C5)cn5ncc(C#N)c45)cn2)C3)cn1. The molecule has 4 aromatic heterocycles. The number of nitrogens with zero attached hydrogens (tertiary/aromatic N) is 9.